The van der Waals surface area contributed by atoms with Crippen molar-refractivity contribution in [1.29, 1.82) is 0 Å². The Labute approximate surface area is 504 Å². The summed E-state index contributed by atoms with van der Waals surface area (Å²) in [6, 6.07) is 0. The van der Waals surface area contributed by atoms with Gasteiger partial charge in [-0.25, -0.2) is 0 Å². The standard InChI is InChI=1S/C75H136O6/c1-4-7-10-13-16-19-22-25-28-31-33-34-35-36-37-38-39-40-41-42-43-45-47-50-53-56-59-62-65-68-74(77)80-71-72(70-79-73(76)67-64-61-58-55-52-49-46-30-27-24-21-18-15-12-9-6-3)81-75(78)69-66-63-60-57-54-51-48-44-32-29-26-23-20-17-14-11-8-5-2/h20,22-23,25,29,31-33,35-36,72H,4-19,21,24,26-28,30,34,37-71H2,1-3H3/b23-20-,25-22-,32-29-,33-31-,36-35-. The maximum absolute atomic E-state index is 12.9. The van der Waals surface area contributed by atoms with E-state index in [0.29, 0.717) is 19.3 Å². The molecule has 6 nitrogen and oxygen atoms in total. The van der Waals surface area contributed by atoms with E-state index >= 15 is 0 Å². The van der Waals surface area contributed by atoms with Crippen LogP contribution in [-0.2, 0) is 28.6 Å². The first-order valence-corrected chi connectivity index (χ1v) is 35.8. The third kappa shape index (κ3) is 67.8. The highest BCUT2D eigenvalue weighted by Crippen LogP contribution is 2.18. The monoisotopic (exact) mass is 1130 g/mol. The highest BCUT2D eigenvalue weighted by Gasteiger charge is 2.19. The first-order chi connectivity index (χ1) is 40.0. The second kappa shape index (κ2) is 69.6. The minimum atomic E-state index is -0.778. The molecule has 0 rings (SSSR count). The van der Waals surface area contributed by atoms with Gasteiger partial charge in [-0.05, 0) is 89.9 Å². The van der Waals surface area contributed by atoms with Crippen molar-refractivity contribution in [3.8, 4) is 0 Å². The molecule has 0 bridgehead atoms. The van der Waals surface area contributed by atoms with E-state index in [1.165, 1.54) is 257 Å². The number of carbonyl (C=O) groups excluding carboxylic acids is 3. The summed E-state index contributed by atoms with van der Waals surface area (Å²) in [4.78, 5) is 38.5. The molecule has 0 aliphatic heterocycles. The topological polar surface area (TPSA) is 78.9 Å². The highest BCUT2D eigenvalue weighted by molar-refractivity contribution is 5.71. The SMILES string of the molecule is CCCCCC/C=C\C/C=C\CCCCCCCCCC(=O)OC(COC(=O)CCCCCCCCCCCCCCCC/C=C\C/C=C\C/C=C\CCCCCCC)COC(=O)CCCCCCCCCCCCCCCCCC. The van der Waals surface area contributed by atoms with Crippen molar-refractivity contribution < 1.29 is 28.6 Å². The fourth-order valence-electron chi connectivity index (χ4n) is 10.6. The lowest BCUT2D eigenvalue weighted by Crippen LogP contribution is -2.30. The van der Waals surface area contributed by atoms with Gasteiger partial charge in [-0.3, -0.25) is 14.4 Å². The third-order valence-corrected chi connectivity index (χ3v) is 16.0. The van der Waals surface area contributed by atoms with Gasteiger partial charge < -0.3 is 14.2 Å². The van der Waals surface area contributed by atoms with Crippen LogP contribution in [0.3, 0.4) is 0 Å². The molecule has 0 aromatic heterocycles. The second-order valence-electron chi connectivity index (χ2n) is 24.1. The Morgan fingerprint density at radius 1 is 0.247 bits per heavy atom. The summed E-state index contributed by atoms with van der Waals surface area (Å²) in [5.41, 5.74) is 0. The molecule has 1 atom stereocenters. The van der Waals surface area contributed by atoms with Crippen molar-refractivity contribution in [3.05, 3.63) is 60.8 Å². The van der Waals surface area contributed by atoms with E-state index in [0.717, 1.165) is 83.5 Å². The molecular formula is C75H136O6. The Bertz CT molecular complexity index is 1440. The summed E-state index contributed by atoms with van der Waals surface area (Å²) >= 11 is 0. The molecule has 81 heavy (non-hydrogen) atoms. The number of allylic oxidation sites excluding steroid dienone is 10. The summed E-state index contributed by atoms with van der Waals surface area (Å²) in [5, 5.41) is 0. The zero-order valence-electron chi connectivity index (χ0n) is 54.3. The lowest BCUT2D eigenvalue weighted by molar-refractivity contribution is -0.167. The van der Waals surface area contributed by atoms with Crippen LogP contribution in [0.5, 0.6) is 0 Å². The van der Waals surface area contributed by atoms with Gasteiger partial charge in [-0.1, -0.05) is 332 Å². The molecule has 0 aromatic carbocycles. The van der Waals surface area contributed by atoms with Gasteiger partial charge in [0.1, 0.15) is 13.2 Å². The maximum atomic E-state index is 12.9. The van der Waals surface area contributed by atoms with Crippen molar-refractivity contribution in [2.75, 3.05) is 13.2 Å². The van der Waals surface area contributed by atoms with E-state index in [1.54, 1.807) is 0 Å². The molecule has 1 unspecified atom stereocenters. The van der Waals surface area contributed by atoms with Crippen molar-refractivity contribution >= 4 is 17.9 Å². The van der Waals surface area contributed by atoms with E-state index in [-0.39, 0.29) is 31.1 Å². The average molecular weight is 1130 g/mol. The lowest BCUT2D eigenvalue weighted by Gasteiger charge is -2.18. The van der Waals surface area contributed by atoms with Gasteiger partial charge in [0.2, 0.25) is 0 Å². The Hall–Kier alpha value is -2.89. The van der Waals surface area contributed by atoms with Crippen LogP contribution < -0.4 is 0 Å². The number of hydrogen-bond donors (Lipinski definition) is 0. The number of hydrogen-bond acceptors (Lipinski definition) is 6. The summed E-state index contributed by atoms with van der Waals surface area (Å²) in [7, 11) is 0. The summed E-state index contributed by atoms with van der Waals surface area (Å²) < 4.78 is 17.0. The van der Waals surface area contributed by atoms with Gasteiger partial charge >= 0.3 is 17.9 Å². The van der Waals surface area contributed by atoms with Crippen LogP contribution >= 0.6 is 0 Å². The van der Waals surface area contributed by atoms with Gasteiger partial charge in [0, 0.05) is 19.3 Å². The Morgan fingerprint density at radius 3 is 0.704 bits per heavy atom. The minimum Gasteiger partial charge on any atom is -0.462 e. The molecule has 0 N–H and O–H groups in total. The molecular weight excluding hydrogens is 997 g/mol. The smallest absolute Gasteiger partial charge is 0.306 e. The largest absolute Gasteiger partial charge is 0.462 e. The predicted octanol–water partition coefficient (Wildman–Crippen LogP) is 24.7. The molecule has 0 aromatic rings. The van der Waals surface area contributed by atoms with E-state index < -0.39 is 6.10 Å². The maximum Gasteiger partial charge on any atom is 0.306 e. The molecule has 0 amide bonds. The molecule has 0 saturated heterocycles. The van der Waals surface area contributed by atoms with Crippen molar-refractivity contribution in [2.45, 2.75) is 386 Å². The zero-order valence-corrected chi connectivity index (χ0v) is 54.3. The molecule has 472 valence electrons. The molecule has 0 saturated carbocycles. The fraction of sp³-hybridized carbons (Fsp3) is 0.827. The first kappa shape index (κ1) is 78.1. The zero-order chi connectivity index (χ0) is 58.5. The molecule has 0 spiro atoms. The third-order valence-electron chi connectivity index (χ3n) is 16.0. The van der Waals surface area contributed by atoms with E-state index in [2.05, 4.69) is 81.5 Å². The highest BCUT2D eigenvalue weighted by atomic mass is 16.6. The number of rotatable bonds is 66. The van der Waals surface area contributed by atoms with E-state index in [1.807, 2.05) is 0 Å². The fourth-order valence-corrected chi connectivity index (χ4v) is 10.6. The quantitative estimate of drug-likeness (QED) is 0.0261. The van der Waals surface area contributed by atoms with E-state index in [4.69, 9.17) is 14.2 Å². The lowest BCUT2D eigenvalue weighted by atomic mass is 10.0. The Balaban J connectivity index is 4.26. The van der Waals surface area contributed by atoms with Crippen LogP contribution in [0.25, 0.3) is 0 Å². The molecule has 0 fully saturated rings. The van der Waals surface area contributed by atoms with Gasteiger partial charge in [0.05, 0.1) is 0 Å². The molecule has 0 radical (unpaired) electrons. The van der Waals surface area contributed by atoms with Gasteiger partial charge in [0.25, 0.3) is 0 Å². The van der Waals surface area contributed by atoms with Crippen LogP contribution in [0, 0.1) is 0 Å². The van der Waals surface area contributed by atoms with Crippen LogP contribution in [0.1, 0.15) is 380 Å². The predicted molar refractivity (Wildman–Crippen MR) is 353 cm³/mol. The molecule has 0 aliphatic carbocycles. The normalized spacial score (nSPS) is 12.4. The molecule has 0 aliphatic rings. The Morgan fingerprint density at radius 2 is 0.444 bits per heavy atom. The summed E-state index contributed by atoms with van der Waals surface area (Å²) in [6.07, 6.45) is 89.6. The number of ether oxygens (including phenoxy) is 3. The van der Waals surface area contributed by atoms with Crippen LogP contribution in [0.2, 0.25) is 0 Å². The van der Waals surface area contributed by atoms with Crippen molar-refractivity contribution in [1.82, 2.24) is 0 Å². The van der Waals surface area contributed by atoms with Gasteiger partial charge in [-0.2, -0.15) is 0 Å². The van der Waals surface area contributed by atoms with Crippen LogP contribution in [0.15, 0.2) is 60.8 Å². The number of unbranched alkanes of at least 4 members (excludes halogenated alkanes) is 45. The van der Waals surface area contributed by atoms with Crippen LogP contribution in [0.4, 0.5) is 0 Å². The average Bonchev–Trinajstić information content (AvgIpc) is 3.47. The van der Waals surface area contributed by atoms with Crippen LogP contribution in [-0.4, -0.2) is 37.2 Å². The van der Waals surface area contributed by atoms with Crippen molar-refractivity contribution in [3.63, 3.8) is 0 Å². The molecule has 6 heteroatoms. The van der Waals surface area contributed by atoms with E-state index in [9.17, 15) is 14.4 Å². The van der Waals surface area contributed by atoms with Gasteiger partial charge in [0.15, 0.2) is 6.10 Å². The molecule has 0 heterocycles. The Kier molecular flexibility index (Phi) is 67.1. The minimum absolute atomic E-state index is 0.0729. The first-order valence-electron chi connectivity index (χ1n) is 35.8. The number of esters is 3. The number of carbonyl (C=O) groups is 3. The van der Waals surface area contributed by atoms with Crippen molar-refractivity contribution in [2.24, 2.45) is 0 Å². The van der Waals surface area contributed by atoms with Gasteiger partial charge in [-0.15, -0.1) is 0 Å². The second-order valence-corrected chi connectivity index (χ2v) is 24.1. The summed E-state index contributed by atoms with van der Waals surface area (Å²) in [5.74, 6) is -0.856. The summed E-state index contributed by atoms with van der Waals surface area (Å²) in [6.45, 7) is 6.67.